The van der Waals surface area contributed by atoms with E-state index < -0.39 is 17.5 Å². The van der Waals surface area contributed by atoms with Gasteiger partial charge in [-0.1, -0.05) is 24.3 Å². The standard InChI is InChI=1S/C28H24FNO8/c1-34-21-11-19(25(35-2)27-26(21)36-14-37-27)18(12-22(31)30-13-15-7-9-16(29)10-8-15)23-24(32)17-5-3-4-6-20(17)38-28(23)33/h3-11,18,32H,12-14H2,1-2H3,(H,30,31). The van der Waals surface area contributed by atoms with E-state index in [9.17, 15) is 19.1 Å². The summed E-state index contributed by atoms with van der Waals surface area (Å²) >= 11 is 0. The summed E-state index contributed by atoms with van der Waals surface area (Å²) in [5, 5.41) is 14.3. The second-order valence-electron chi connectivity index (χ2n) is 8.57. The summed E-state index contributed by atoms with van der Waals surface area (Å²) in [6.45, 7) is 0.0590. The van der Waals surface area contributed by atoms with E-state index in [1.54, 1.807) is 42.5 Å². The third kappa shape index (κ3) is 4.56. The Balaban J connectivity index is 1.61. The highest BCUT2D eigenvalue weighted by atomic mass is 19.1. The fourth-order valence-electron chi connectivity index (χ4n) is 4.54. The molecule has 1 amide bonds. The molecule has 0 aliphatic carbocycles. The van der Waals surface area contributed by atoms with Crippen molar-refractivity contribution in [2.24, 2.45) is 0 Å². The summed E-state index contributed by atoms with van der Waals surface area (Å²) in [5.41, 5.74) is 0.305. The van der Waals surface area contributed by atoms with Crippen LogP contribution in [-0.2, 0) is 11.3 Å². The van der Waals surface area contributed by atoms with Crippen LogP contribution in [0.25, 0.3) is 11.0 Å². The number of aromatic hydroxyl groups is 1. The van der Waals surface area contributed by atoms with Gasteiger partial charge in [0.1, 0.15) is 17.1 Å². The monoisotopic (exact) mass is 521 g/mol. The Labute approximate surface area is 216 Å². The van der Waals surface area contributed by atoms with Crippen LogP contribution in [0.3, 0.4) is 0 Å². The van der Waals surface area contributed by atoms with Crippen LogP contribution in [0, 0.1) is 5.82 Å². The third-order valence-electron chi connectivity index (χ3n) is 6.35. The molecule has 2 N–H and O–H groups in total. The lowest BCUT2D eigenvalue weighted by Gasteiger charge is -2.22. The van der Waals surface area contributed by atoms with Crippen LogP contribution in [0.1, 0.15) is 29.0 Å². The second kappa shape index (κ2) is 10.3. The topological polar surface area (TPSA) is 116 Å². The molecule has 1 unspecified atom stereocenters. The van der Waals surface area contributed by atoms with Crippen LogP contribution in [0.15, 0.2) is 63.8 Å². The number of nitrogens with one attached hydrogen (secondary N) is 1. The van der Waals surface area contributed by atoms with Gasteiger partial charge in [-0.3, -0.25) is 4.79 Å². The molecule has 1 aliphatic heterocycles. The number of para-hydroxylation sites is 1. The molecule has 5 rings (SSSR count). The van der Waals surface area contributed by atoms with Crippen LogP contribution in [0.2, 0.25) is 0 Å². The highest BCUT2D eigenvalue weighted by Crippen LogP contribution is 2.53. The van der Waals surface area contributed by atoms with Gasteiger partial charge in [-0.25, -0.2) is 9.18 Å². The van der Waals surface area contributed by atoms with Gasteiger partial charge in [0.2, 0.25) is 24.2 Å². The molecule has 2 heterocycles. The van der Waals surface area contributed by atoms with Gasteiger partial charge in [-0.05, 0) is 35.9 Å². The highest BCUT2D eigenvalue weighted by Gasteiger charge is 2.35. The maximum atomic E-state index is 13.3. The van der Waals surface area contributed by atoms with Crippen molar-refractivity contribution >= 4 is 16.9 Å². The molecular formula is C28H24FNO8. The summed E-state index contributed by atoms with van der Waals surface area (Å²) in [7, 11) is 2.86. The lowest BCUT2D eigenvalue weighted by molar-refractivity contribution is -0.121. The smallest absolute Gasteiger partial charge is 0.343 e. The maximum Gasteiger partial charge on any atom is 0.343 e. The summed E-state index contributed by atoms with van der Waals surface area (Å²) in [4.78, 5) is 26.4. The van der Waals surface area contributed by atoms with E-state index in [0.717, 1.165) is 0 Å². The normalized spacial score (nSPS) is 12.8. The predicted octanol–water partition coefficient (Wildman–Crippen LogP) is 4.22. The van der Waals surface area contributed by atoms with Crippen molar-refractivity contribution in [2.75, 3.05) is 21.0 Å². The maximum absolute atomic E-state index is 13.3. The van der Waals surface area contributed by atoms with E-state index in [-0.39, 0.29) is 54.0 Å². The molecule has 0 radical (unpaired) electrons. The fourth-order valence-corrected chi connectivity index (χ4v) is 4.54. The number of halogens is 1. The number of methoxy groups -OCH3 is 2. The Morgan fingerprint density at radius 3 is 2.55 bits per heavy atom. The van der Waals surface area contributed by atoms with Gasteiger partial charge >= 0.3 is 5.63 Å². The average Bonchev–Trinajstić information content (AvgIpc) is 3.41. The number of hydrogen-bond donors (Lipinski definition) is 2. The zero-order valence-corrected chi connectivity index (χ0v) is 20.6. The van der Waals surface area contributed by atoms with Gasteiger partial charge < -0.3 is 33.8 Å². The molecule has 9 nitrogen and oxygen atoms in total. The Kier molecular flexibility index (Phi) is 6.78. The second-order valence-corrected chi connectivity index (χ2v) is 8.57. The molecule has 196 valence electrons. The molecular weight excluding hydrogens is 497 g/mol. The highest BCUT2D eigenvalue weighted by molar-refractivity contribution is 5.85. The van der Waals surface area contributed by atoms with Crippen molar-refractivity contribution < 1.29 is 37.7 Å². The van der Waals surface area contributed by atoms with E-state index in [4.69, 9.17) is 23.4 Å². The molecule has 1 aliphatic rings. The Bertz CT molecular complexity index is 1560. The lowest BCUT2D eigenvalue weighted by Crippen LogP contribution is -2.27. The summed E-state index contributed by atoms with van der Waals surface area (Å²) in [6, 6.07) is 13.8. The molecule has 0 fully saturated rings. The van der Waals surface area contributed by atoms with Crippen molar-refractivity contribution in [3.05, 3.63) is 87.5 Å². The quantitative estimate of drug-likeness (QED) is 0.331. The zero-order chi connectivity index (χ0) is 26.8. The van der Waals surface area contributed by atoms with Gasteiger partial charge in [-0.15, -0.1) is 0 Å². The molecule has 0 saturated heterocycles. The molecule has 0 bridgehead atoms. The predicted molar refractivity (Wildman–Crippen MR) is 135 cm³/mol. The van der Waals surface area contributed by atoms with Gasteiger partial charge in [-0.2, -0.15) is 0 Å². The van der Waals surface area contributed by atoms with Gasteiger partial charge in [0.05, 0.1) is 25.2 Å². The molecule has 4 aromatic rings. The third-order valence-corrected chi connectivity index (χ3v) is 6.35. The van der Waals surface area contributed by atoms with E-state index in [0.29, 0.717) is 28.0 Å². The summed E-state index contributed by atoms with van der Waals surface area (Å²) in [5.74, 6) is -1.07. The van der Waals surface area contributed by atoms with Crippen LogP contribution in [0.4, 0.5) is 4.39 Å². The lowest BCUT2D eigenvalue weighted by atomic mass is 9.86. The number of hydrogen-bond acceptors (Lipinski definition) is 8. The van der Waals surface area contributed by atoms with Gasteiger partial charge in [0.25, 0.3) is 0 Å². The Morgan fingerprint density at radius 1 is 1.08 bits per heavy atom. The van der Waals surface area contributed by atoms with E-state index in [2.05, 4.69) is 5.32 Å². The molecule has 1 aromatic heterocycles. The van der Waals surface area contributed by atoms with Crippen molar-refractivity contribution in [3.8, 4) is 28.7 Å². The minimum absolute atomic E-state index is 0.0717. The number of carbonyl (C=O) groups is 1. The molecule has 0 spiro atoms. The largest absolute Gasteiger partial charge is 0.507 e. The number of carbonyl (C=O) groups excluding carboxylic acids is 1. The fraction of sp³-hybridized carbons (Fsp3) is 0.214. The molecule has 38 heavy (non-hydrogen) atoms. The summed E-state index contributed by atoms with van der Waals surface area (Å²) in [6.07, 6.45) is -0.267. The number of amides is 1. The molecule has 10 heteroatoms. The number of fused-ring (bicyclic) bond motifs is 2. The first-order valence-electron chi connectivity index (χ1n) is 11.7. The number of rotatable bonds is 8. The minimum atomic E-state index is -1.03. The molecule has 3 aromatic carbocycles. The molecule has 0 saturated carbocycles. The van der Waals surface area contributed by atoms with Crippen molar-refractivity contribution in [2.45, 2.75) is 18.9 Å². The first-order chi connectivity index (χ1) is 18.4. The number of benzene rings is 3. The van der Waals surface area contributed by atoms with Crippen molar-refractivity contribution in [1.29, 1.82) is 0 Å². The molecule has 1 atom stereocenters. The first-order valence-corrected chi connectivity index (χ1v) is 11.7. The van der Waals surface area contributed by atoms with Crippen LogP contribution in [-0.4, -0.2) is 32.0 Å². The zero-order valence-electron chi connectivity index (χ0n) is 20.6. The van der Waals surface area contributed by atoms with Crippen LogP contribution >= 0.6 is 0 Å². The summed E-state index contributed by atoms with van der Waals surface area (Å²) < 4.78 is 41.0. The number of ether oxygens (including phenoxy) is 4. The SMILES string of the molecule is COc1cc(C(CC(=O)NCc2ccc(F)cc2)c2c(O)c3ccccc3oc2=O)c(OC)c2c1OCO2. The average molecular weight is 521 g/mol. The van der Waals surface area contributed by atoms with Gasteiger partial charge in [0, 0.05) is 24.4 Å². The minimum Gasteiger partial charge on any atom is -0.507 e. The Hall–Kier alpha value is -4.73. The van der Waals surface area contributed by atoms with Crippen LogP contribution < -0.4 is 29.9 Å². The van der Waals surface area contributed by atoms with E-state index in [1.807, 2.05) is 0 Å². The van der Waals surface area contributed by atoms with Gasteiger partial charge in [0.15, 0.2) is 11.5 Å². The van der Waals surface area contributed by atoms with E-state index in [1.165, 1.54) is 26.4 Å². The van der Waals surface area contributed by atoms with Crippen molar-refractivity contribution in [3.63, 3.8) is 0 Å². The van der Waals surface area contributed by atoms with E-state index >= 15 is 0 Å². The Morgan fingerprint density at radius 2 is 1.82 bits per heavy atom. The van der Waals surface area contributed by atoms with Crippen LogP contribution in [0.5, 0.6) is 28.7 Å². The first kappa shape index (κ1) is 24.9. The van der Waals surface area contributed by atoms with Crippen molar-refractivity contribution in [1.82, 2.24) is 5.32 Å².